The quantitative estimate of drug-likeness (QED) is 0.333. The van der Waals surface area contributed by atoms with Crippen molar-refractivity contribution >= 4 is 62.9 Å². The molecular formula is C24H22Cl2N4O5S2. The Morgan fingerprint density at radius 1 is 1.11 bits per heavy atom. The summed E-state index contributed by atoms with van der Waals surface area (Å²) in [5, 5.41) is 13.2. The van der Waals surface area contributed by atoms with Crippen molar-refractivity contribution in [1.29, 1.82) is 0 Å². The van der Waals surface area contributed by atoms with E-state index in [-0.39, 0.29) is 21.2 Å². The molecule has 2 aliphatic heterocycles. The molecule has 1 unspecified atom stereocenters. The lowest BCUT2D eigenvalue weighted by molar-refractivity contribution is -0.140. The number of benzene rings is 2. The molecule has 13 heteroatoms. The Morgan fingerprint density at radius 3 is 2.46 bits per heavy atom. The second-order valence-electron chi connectivity index (χ2n) is 8.71. The number of anilines is 1. The smallest absolute Gasteiger partial charge is 0.327 e. The number of fused-ring (bicyclic) bond motifs is 1. The molecule has 37 heavy (non-hydrogen) atoms. The molecule has 0 saturated carbocycles. The molecule has 0 aromatic heterocycles. The zero-order valence-corrected chi connectivity index (χ0v) is 22.7. The summed E-state index contributed by atoms with van der Waals surface area (Å²) in [4.78, 5) is 25.5. The van der Waals surface area contributed by atoms with E-state index in [9.17, 15) is 23.1 Å². The van der Waals surface area contributed by atoms with Crippen LogP contribution in [0, 0.1) is 0 Å². The number of amides is 1. The van der Waals surface area contributed by atoms with E-state index in [4.69, 9.17) is 23.2 Å². The topological polar surface area (TPSA) is 128 Å². The van der Waals surface area contributed by atoms with Crippen LogP contribution in [-0.4, -0.2) is 35.7 Å². The summed E-state index contributed by atoms with van der Waals surface area (Å²) in [6.07, 6.45) is 6.24. The summed E-state index contributed by atoms with van der Waals surface area (Å²) in [5.41, 5.74) is -0.188. The van der Waals surface area contributed by atoms with Crippen molar-refractivity contribution in [3.8, 4) is 0 Å². The van der Waals surface area contributed by atoms with Crippen LogP contribution >= 0.6 is 35.3 Å². The fourth-order valence-corrected chi connectivity index (χ4v) is 6.14. The maximum Gasteiger partial charge on any atom is 0.327 e. The van der Waals surface area contributed by atoms with Crippen LogP contribution in [0.3, 0.4) is 0 Å². The van der Waals surface area contributed by atoms with Crippen LogP contribution in [0.5, 0.6) is 0 Å². The van der Waals surface area contributed by atoms with Crippen molar-refractivity contribution in [1.82, 2.24) is 14.3 Å². The first-order valence-corrected chi connectivity index (χ1v) is 13.8. The maximum atomic E-state index is 13.3. The molecule has 2 heterocycles. The molecule has 4 rings (SSSR count). The molecule has 1 atom stereocenters. The number of hydrogen-bond acceptors (Lipinski definition) is 7. The molecule has 0 aliphatic carbocycles. The molecule has 0 fully saturated rings. The normalized spacial score (nSPS) is 15.7. The van der Waals surface area contributed by atoms with Gasteiger partial charge in [-0.3, -0.25) is 13.8 Å². The average molecular weight is 582 g/mol. The molecule has 194 valence electrons. The van der Waals surface area contributed by atoms with Gasteiger partial charge in [0.15, 0.2) is 0 Å². The summed E-state index contributed by atoms with van der Waals surface area (Å²) < 4.78 is 33.5. The number of rotatable bonds is 8. The van der Waals surface area contributed by atoms with E-state index in [1.54, 1.807) is 60.9 Å². The Morgan fingerprint density at radius 2 is 1.78 bits per heavy atom. The van der Waals surface area contributed by atoms with Gasteiger partial charge in [-0.25, -0.2) is 13.2 Å². The van der Waals surface area contributed by atoms with Crippen LogP contribution < -0.4 is 14.8 Å². The molecule has 2 aromatic rings. The van der Waals surface area contributed by atoms with Crippen molar-refractivity contribution < 1.29 is 23.1 Å². The predicted octanol–water partition coefficient (Wildman–Crippen LogP) is 4.62. The summed E-state index contributed by atoms with van der Waals surface area (Å²) in [7, 11) is -4.15. The molecule has 0 bridgehead atoms. The van der Waals surface area contributed by atoms with Crippen LogP contribution in [-0.2, 0) is 20.2 Å². The van der Waals surface area contributed by atoms with Gasteiger partial charge in [-0.15, -0.1) is 0 Å². The molecule has 1 amide bonds. The van der Waals surface area contributed by atoms with Crippen molar-refractivity contribution in [2.75, 3.05) is 4.72 Å². The number of nitrogens with one attached hydrogen (secondary N) is 3. The van der Waals surface area contributed by atoms with E-state index < -0.39 is 33.4 Å². The molecule has 0 spiro atoms. The van der Waals surface area contributed by atoms with E-state index in [1.807, 2.05) is 0 Å². The first-order chi connectivity index (χ1) is 17.4. The van der Waals surface area contributed by atoms with E-state index in [0.29, 0.717) is 16.3 Å². The number of allylic oxidation sites excluding steroid dienone is 2. The minimum Gasteiger partial charge on any atom is -0.480 e. The van der Waals surface area contributed by atoms with Crippen molar-refractivity contribution in [3.63, 3.8) is 0 Å². The first kappa shape index (κ1) is 26.9. The lowest BCUT2D eigenvalue weighted by Gasteiger charge is -2.32. The van der Waals surface area contributed by atoms with Gasteiger partial charge in [0.1, 0.15) is 10.9 Å². The lowest BCUT2D eigenvalue weighted by Crippen LogP contribution is -2.52. The summed E-state index contributed by atoms with van der Waals surface area (Å²) in [6.45, 7) is 3.36. The minimum atomic E-state index is -4.15. The number of sulfonamides is 1. The highest BCUT2D eigenvalue weighted by Gasteiger charge is 2.39. The van der Waals surface area contributed by atoms with Crippen LogP contribution in [0.1, 0.15) is 29.8 Å². The number of carbonyl (C=O) groups is 2. The minimum absolute atomic E-state index is 0.0221. The number of carbonyl (C=O) groups excluding carboxylic acids is 1. The van der Waals surface area contributed by atoms with Crippen LogP contribution in [0.4, 0.5) is 5.69 Å². The first-order valence-electron chi connectivity index (χ1n) is 10.8. The molecule has 4 N–H and O–H groups in total. The van der Waals surface area contributed by atoms with Crippen LogP contribution in [0.2, 0.25) is 10.0 Å². The van der Waals surface area contributed by atoms with Gasteiger partial charge in [-0.05, 0) is 48.0 Å². The van der Waals surface area contributed by atoms with Gasteiger partial charge in [0.05, 0.1) is 29.1 Å². The number of aliphatic carboxylic acids is 1. The third kappa shape index (κ3) is 5.59. The highest BCUT2D eigenvalue weighted by atomic mass is 35.5. The van der Waals surface area contributed by atoms with Gasteiger partial charge >= 0.3 is 5.97 Å². The number of nitrogens with zero attached hydrogens (tertiary/aromatic N) is 1. The van der Waals surface area contributed by atoms with E-state index in [1.165, 1.54) is 36.4 Å². The summed E-state index contributed by atoms with van der Waals surface area (Å²) in [5.74, 6) is -2.05. The zero-order valence-electron chi connectivity index (χ0n) is 19.5. The Hall–Kier alpha value is -3.12. The molecule has 0 radical (unpaired) electrons. The van der Waals surface area contributed by atoms with Crippen LogP contribution in [0.15, 0.2) is 77.6 Å². The summed E-state index contributed by atoms with van der Waals surface area (Å²) >= 11 is 13.3. The standard InChI is InChI=1S/C24H22Cl2N4O5S2/c1-24(2,14-5-7-15(25)8-6-14)21(23(32)33)28-22(31)17-10-9-16(26)12-18(17)29-37(34,35)20-4-3-11-30-19(20)13-27-36-30/h3-13,21,27,29H,1-2H3,(H,28,31)(H,32,33). The van der Waals surface area contributed by atoms with Crippen molar-refractivity contribution in [2.45, 2.75) is 25.3 Å². The maximum absolute atomic E-state index is 13.3. The van der Waals surface area contributed by atoms with Gasteiger partial charge in [0.2, 0.25) is 0 Å². The van der Waals surface area contributed by atoms with Crippen LogP contribution in [0.25, 0.3) is 0 Å². The molecule has 2 aliphatic rings. The zero-order chi connectivity index (χ0) is 27.0. The fourth-order valence-electron chi connectivity index (χ4n) is 3.87. The molecule has 9 nitrogen and oxygen atoms in total. The third-order valence-corrected chi connectivity index (χ3v) is 8.54. The van der Waals surface area contributed by atoms with Gasteiger partial charge in [-0.1, -0.05) is 49.2 Å². The van der Waals surface area contributed by atoms with E-state index >= 15 is 0 Å². The molecular weight excluding hydrogens is 559 g/mol. The lowest BCUT2D eigenvalue weighted by atomic mass is 9.77. The highest BCUT2D eigenvalue weighted by Crippen LogP contribution is 2.35. The average Bonchev–Trinajstić information content (AvgIpc) is 3.31. The molecule has 2 aromatic carbocycles. The van der Waals surface area contributed by atoms with Crippen molar-refractivity contribution in [2.24, 2.45) is 0 Å². The Bertz CT molecular complexity index is 1450. The SMILES string of the molecule is CC(C)(c1ccc(Cl)cc1)C(NC(=O)c1ccc(Cl)cc1NS(=O)(=O)C1=CC=CN2SNC=C12)C(=O)O. The number of carboxylic acids is 1. The van der Waals surface area contributed by atoms with E-state index in [0.717, 1.165) is 0 Å². The Kier molecular flexibility index (Phi) is 7.52. The second kappa shape index (κ2) is 10.3. The Balaban J connectivity index is 1.64. The molecule has 0 saturated heterocycles. The second-order valence-corrected chi connectivity index (χ2v) is 12.0. The monoisotopic (exact) mass is 580 g/mol. The number of carboxylic acid groups (broad SMARTS) is 1. The predicted molar refractivity (Wildman–Crippen MR) is 145 cm³/mol. The number of hydrogen-bond donors (Lipinski definition) is 4. The Labute approximate surface area is 228 Å². The third-order valence-electron chi connectivity index (χ3n) is 5.90. The largest absolute Gasteiger partial charge is 0.480 e. The highest BCUT2D eigenvalue weighted by molar-refractivity contribution is 7.97. The van der Waals surface area contributed by atoms with Gasteiger partial charge in [0.25, 0.3) is 15.9 Å². The van der Waals surface area contributed by atoms with Gasteiger partial charge < -0.3 is 15.1 Å². The fraction of sp³-hybridized carbons (Fsp3) is 0.167. The number of halogens is 2. The van der Waals surface area contributed by atoms with Gasteiger partial charge in [-0.2, -0.15) is 0 Å². The summed E-state index contributed by atoms with van der Waals surface area (Å²) in [6, 6.07) is 9.33. The van der Waals surface area contributed by atoms with E-state index in [2.05, 4.69) is 14.8 Å². The van der Waals surface area contributed by atoms with Gasteiger partial charge in [0, 0.05) is 27.9 Å². The van der Waals surface area contributed by atoms with Crippen molar-refractivity contribution in [3.05, 3.63) is 98.8 Å².